The summed E-state index contributed by atoms with van der Waals surface area (Å²) in [7, 11) is 1.46. The first-order valence-electron chi connectivity index (χ1n) is 10.3. The monoisotopic (exact) mass is 533 g/mol. The third kappa shape index (κ3) is 6.87. The first-order chi connectivity index (χ1) is 16.6. The molecule has 13 heteroatoms. The highest BCUT2D eigenvalue weighted by Gasteiger charge is 2.29. The quantitative estimate of drug-likeness (QED) is 0.196. The van der Waals surface area contributed by atoms with Crippen molar-refractivity contribution in [3.05, 3.63) is 59.0 Å². The number of methoxy groups -OCH3 is 1. The van der Waals surface area contributed by atoms with Crippen LogP contribution in [-0.4, -0.2) is 67.8 Å². The molecule has 0 saturated heterocycles. The first-order valence-corrected chi connectivity index (χ1v) is 11.6. The average molecular weight is 534 g/mol. The minimum atomic E-state index is -1.60. The van der Waals surface area contributed by atoms with E-state index >= 15 is 0 Å². The maximum atomic E-state index is 13.6. The number of halogens is 4. The van der Waals surface area contributed by atoms with Crippen LogP contribution in [0.15, 0.2) is 41.4 Å². The van der Waals surface area contributed by atoms with E-state index in [4.69, 9.17) is 21.1 Å². The van der Waals surface area contributed by atoms with Gasteiger partial charge in [-0.1, -0.05) is 28.6 Å². The van der Waals surface area contributed by atoms with Crippen molar-refractivity contribution in [2.45, 2.75) is 42.1 Å². The molecule has 190 valence electrons. The Morgan fingerprint density at radius 2 is 1.83 bits per heavy atom. The molecule has 8 nitrogen and oxygen atoms in total. The molecule has 0 bridgehead atoms. The molecule has 0 fully saturated rings. The van der Waals surface area contributed by atoms with E-state index in [0.29, 0.717) is 15.7 Å². The molecular formula is C22H23ClF3N3O5S. The summed E-state index contributed by atoms with van der Waals surface area (Å²) in [6.07, 6.45) is -2.01. The molecule has 2 unspecified atom stereocenters. The van der Waals surface area contributed by atoms with Gasteiger partial charge in [-0.3, -0.25) is 0 Å². The summed E-state index contributed by atoms with van der Waals surface area (Å²) >= 11 is 7.14. The maximum Gasteiger partial charge on any atom is 0.194 e. The van der Waals surface area contributed by atoms with Gasteiger partial charge in [-0.2, -0.15) is 0 Å². The van der Waals surface area contributed by atoms with E-state index in [0.717, 1.165) is 23.9 Å². The van der Waals surface area contributed by atoms with E-state index in [-0.39, 0.29) is 17.8 Å². The van der Waals surface area contributed by atoms with Crippen molar-refractivity contribution in [1.82, 2.24) is 15.0 Å². The second kappa shape index (κ2) is 12.1. The lowest BCUT2D eigenvalue weighted by Crippen LogP contribution is -2.39. The van der Waals surface area contributed by atoms with Crippen molar-refractivity contribution in [3.63, 3.8) is 0 Å². The number of aromatic nitrogens is 3. The van der Waals surface area contributed by atoms with Crippen LogP contribution in [0.5, 0.6) is 5.75 Å². The van der Waals surface area contributed by atoms with Gasteiger partial charge in [0.15, 0.2) is 17.5 Å². The van der Waals surface area contributed by atoms with Crippen LogP contribution in [0.3, 0.4) is 0 Å². The highest BCUT2D eigenvalue weighted by atomic mass is 35.5. The lowest BCUT2D eigenvalue weighted by atomic mass is 10.1. The van der Waals surface area contributed by atoms with E-state index < -0.39 is 47.8 Å². The van der Waals surface area contributed by atoms with Crippen molar-refractivity contribution in [1.29, 1.82) is 0 Å². The molecule has 0 aliphatic rings. The Kier molecular flexibility index (Phi) is 9.39. The van der Waals surface area contributed by atoms with Gasteiger partial charge in [-0.25, -0.2) is 17.9 Å². The molecule has 0 saturated carbocycles. The Morgan fingerprint density at radius 1 is 1.14 bits per heavy atom. The Balaban J connectivity index is 1.84. The number of hydrogen-bond acceptors (Lipinski definition) is 8. The molecule has 0 aliphatic heterocycles. The Labute approximate surface area is 208 Å². The van der Waals surface area contributed by atoms with Gasteiger partial charge in [0.1, 0.15) is 29.1 Å². The molecule has 1 heterocycles. The zero-order chi connectivity index (χ0) is 25.7. The van der Waals surface area contributed by atoms with Crippen molar-refractivity contribution >= 4 is 23.4 Å². The summed E-state index contributed by atoms with van der Waals surface area (Å²) in [5, 5.41) is 38.5. The van der Waals surface area contributed by atoms with Crippen molar-refractivity contribution in [2.75, 3.05) is 13.7 Å². The molecule has 35 heavy (non-hydrogen) atoms. The molecule has 0 spiro atoms. The van der Waals surface area contributed by atoms with Crippen LogP contribution >= 0.6 is 23.4 Å². The molecule has 2 aromatic carbocycles. The molecule has 1 aromatic heterocycles. The second-order valence-electron chi connectivity index (χ2n) is 7.53. The highest BCUT2D eigenvalue weighted by Crippen LogP contribution is 2.37. The van der Waals surface area contributed by atoms with Crippen LogP contribution in [0.1, 0.15) is 6.92 Å². The summed E-state index contributed by atoms with van der Waals surface area (Å²) in [6, 6.07) is 6.43. The van der Waals surface area contributed by atoms with Crippen LogP contribution in [0.2, 0.25) is 5.02 Å². The number of hydrogen-bond donors (Lipinski definition) is 3. The molecule has 3 rings (SSSR count). The standard InChI is InChI=1S/C22H23ClF3N3O5S/c1-11(31)19(10-30)34-22(35-20-7-13(23)3-4-18(20)33-2)17(32)9-29-8-16(27-28-29)12-5-14(24)21(26)15(25)6-12/h3-8,11,17,19,22,30-32H,9-10H2,1-2H3/t11-,17+,19?,22?/m1/s1. The van der Waals surface area contributed by atoms with Crippen LogP contribution in [-0.2, 0) is 11.3 Å². The summed E-state index contributed by atoms with van der Waals surface area (Å²) in [4.78, 5) is 0.530. The summed E-state index contributed by atoms with van der Waals surface area (Å²) in [5.41, 5.74) is -1.03. The van der Waals surface area contributed by atoms with E-state index in [9.17, 15) is 28.5 Å². The van der Waals surface area contributed by atoms with Gasteiger partial charge < -0.3 is 24.8 Å². The van der Waals surface area contributed by atoms with Crippen LogP contribution in [0.25, 0.3) is 11.3 Å². The van der Waals surface area contributed by atoms with Gasteiger partial charge in [-0.15, -0.1) is 5.10 Å². The molecular weight excluding hydrogens is 511 g/mol. The maximum absolute atomic E-state index is 13.6. The van der Waals surface area contributed by atoms with Gasteiger partial charge in [0.05, 0.1) is 37.5 Å². The van der Waals surface area contributed by atoms with Gasteiger partial charge in [-0.05, 0) is 37.3 Å². The molecule has 3 aromatic rings. The summed E-state index contributed by atoms with van der Waals surface area (Å²) in [5.74, 6) is -3.88. The largest absolute Gasteiger partial charge is 0.496 e. The first kappa shape index (κ1) is 27.2. The van der Waals surface area contributed by atoms with Crippen molar-refractivity contribution in [2.24, 2.45) is 0 Å². The molecule has 0 radical (unpaired) electrons. The minimum absolute atomic E-state index is 0.0394. The SMILES string of the molecule is COc1ccc(Cl)cc1SC(OC(CO)[C@@H](C)O)[C@@H](O)Cn1cc(-c2cc(F)c(F)c(F)c2)nn1. The van der Waals surface area contributed by atoms with Crippen LogP contribution in [0, 0.1) is 17.5 Å². The number of aliphatic hydroxyl groups is 3. The minimum Gasteiger partial charge on any atom is -0.496 e. The van der Waals surface area contributed by atoms with E-state index in [1.807, 2.05) is 0 Å². The normalized spacial score (nSPS) is 15.0. The van der Waals surface area contributed by atoms with E-state index in [1.54, 1.807) is 18.2 Å². The number of ether oxygens (including phenoxy) is 2. The zero-order valence-electron chi connectivity index (χ0n) is 18.6. The van der Waals surface area contributed by atoms with Crippen molar-refractivity contribution < 1.29 is 38.0 Å². The van der Waals surface area contributed by atoms with Gasteiger partial charge >= 0.3 is 0 Å². The summed E-state index contributed by atoms with van der Waals surface area (Å²) in [6.45, 7) is 0.737. The Hall–Kier alpha value is -2.35. The lowest BCUT2D eigenvalue weighted by molar-refractivity contribution is -0.0972. The molecule has 0 aliphatic carbocycles. The fourth-order valence-electron chi connectivity index (χ4n) is 3.05. The van der Waals surface area contributed by atoms with Crippen molar-refractivity contribution in [3.8, 4) is 17.0 Å². The number of aliphatic hydroxyl groups excluding tert-OH is 3. The fourth-order valence-corrected chi connectivity index (χ4v) is 4.44. The van der Waals surface area contributed by atoms with E-state index in [1.165, 1.54) is 24.9 Å². The van der Waals surface area contributed by atoms with Gasteiger partial charge in [0, 0.05) is 10.6 Å². The third-order valence-corrected chi connectivity index (χ3v) is 6.37. The predicted molar refractivity (Wildman–Crippen MR) is 123 cm³/mol. The molecule has 3 N–H and O–H groups in total. The molecule has 4 atom stereocenters. The predicted octanol–water partition coefficient (Wildman–Crippen LogP) is 3.26. The number of nitrogens with zero attached hydrogens (tertiary/aromatic N) is 3. The topological polar surface area (TPSA) is 110 Å². The number of benzene rings is 2. The lowest BCUT2D eigenvalue weighted by Gasteiger charge is -2.28. The zero-order valence-corrected chi connectivity index (χ0v) is 20.2. The fraction of sp³-hybridized carbons (Fsp3) is 0.364. The summed E-state index contributed by atoms with van der Waals surface area (Å²) < 4.78 is 52.7. The average Bonchev–Trinajstić information content (AvgIpc) is 3.28. The number of rotatable bonds is 11. The third-order valence-electron chi connectivity index (χ3n) is 4.90. The highest BCUT2D eigenvalue weighted by molar-refractivity contribution is 8.00. The Bertz CT molecular complexity index is 1130. The second-order valence-corrected chi connectivity index (χ2v) is 9.10. The Morgan fingerprint density at radius 3 is 2.43 bits per heavy atom. The van der Waals surface area contributed by atoms with Gasteiger partial charge in [0.25, 0.3) is 0 Å². The van der Waals surface area contributed by atoms with Gasteiger partial charge in [0.2, 0.25) is 0 Å². The smallest absolute Gasteiger partial charge is 0.194 e. The van der Waals surface area contributed by atoms with E-state index in [2.05, 4.69) is 10.3 Å². The van der Waals surface area contributed by atoms with Crippen LogP contribution < -0.4 is 4.74 Å². The molecule has 0 amide bonds. The van der Waals surface area contributed by atoms with Crippen LogP contribution in [0.4, 0.5) is 13.2 Å². The number of thioether (sulfide) groups is 1.